The van der Waals surface area contributed by atoms with E-state index in [2.05, 4.69) is 4.57 Å². The molecule has 3 aromatic carbocycles. The Hall–Kier alpha value is -3.84. The largest absolute Gasteiger partial charge is 0.366 e. The van der Waals surface area contributed by atoms with Gasteiger partial charge in [-0.05, 0) is 35.1 Å². The third kappa shape index (κ3) is 3.35. The molecule has 0 spiro atoms. The fraction of sp³-hybridized carbons (Fsp3) is 0.130. The van der Waals surface area contributed by atoms with Crippen molar-refractivity contribution < 1.29 is 19.3 Å². The van der Waals surface area contributed by atoms with Gasteiger partial charge in [-0.3, -0.25) is 9.59 Å². The Morgan fingerprint density at radius 3 is 2.23 bits per heavy atom. The molecule has 0 bridgehead atoms. The number of carbonyl (C=O) groups is 2. The van der Waals surface area contributed by atoms with Gasteiger partial charge < -0.3 is 15.1 Å². The molecule has 2 amide bonds. The van der Waals surface area contributed by atoms with Gasteiger partial charge in [0, 0.05) is 24.4 Å². The smallest absolute Gasteiger partial charge is 0.281 e. The van der Waals surface area contributed by atoms with Gasteiger partial charge in [-0.25, -0.2) is 4.84 Å². The fourth-order valence-corrected chi connectivity index (χ4v) is 3.69. The van der Waals surface area contributed by atoms with Crippen LogP contribution in [0.4, 0.5) is 0 Å². The lowest BCUT2D eigenvalue weighted by molar-refractivity contribution is -0.279. The van der Waals surface area contributed by atoms with Crippen molar-refractivity contribution in [1.82, 2.24) is 9.79 Å². The van der Waals surface area contributed by atoms with Crippen LogP contribution in [0, 0.1) is 0 Å². The first-order chi connectivity index (χ1) is 14.5. The second-order valence-electron chi connectivity index (χ2n) is 6.84. The molecular weight excluding hydrogens is 382 g/mol. The molecule has 7 nitrogen and oxygen atoms in total. The minimum absolute atomic E-state index is 0.382. The molecule has 4 aromatic rings. The van der Waals surface area contributed by atoms with Crippen LogP contribution in [-0.2, 0) is 16.2 Å². The number of rotatable bonds is 6. The van der Waals surface area contributed by atoms with Gasteiger partial charge in [0.05, 0.1) is 23.5 Å². The summed E-state index contributed by atoms with van der Waals surface area (Å²) in [6.45, 7) is 1.92. The van der Waals surface area contributed by atoms with E-state index in [1.807, 2.05) is 48.5 Å². The number of fused-ring (bicyclic) bond motifs is 3. The molecule has 0 aliphatic rings. The van der Waals surface area contributed by atoms with Gasteiger partial charge in [-0.2, -0.15) is 0 Å². The van der Waals surface area contributed by atoms with Gasteiger partial charge in [0.2, 0.25) is 5.91 Å². The number of carbonyl (C=O) groups excluding carboxylic acids is 2. The van der Waals surface area contributed by atoms with E-state index in [4.69, 9.17) is 15.4 Å². The van der Waals surface area contributed by atoms with Crippen molar-refractivity contribution in [2.45, 2.75) is 13.5 Å². The summed E-state index contributed by atoms with van der Waals surface area (Å²) in [5, 5.41) is 2.15. The lowest BCUT2D eigenvalue weighted by Crippen LogP contribution is -2.31. The summed E-state index contributed by atoms with van der Waals surface area (Å²) in [6, 6.07) is 20.9. The molecular formula is C23H21N3O4. The zero-order valence-corrected chi connectivity index (χ0v) is 16.7. The molecule has 0 unspecified atom stereocenters. The molecule has 0 aliphatic heterocycles. The molecule has 0 aliphatic carbocycles. The van der Waals surface area contributed by atoms with Crippen LogP contribution in [0.3, 0.4) is 0 Å². The molecule has 152 valence electrons. The van der Waals surface area contributed by atoms with E-state index in [1.54, 1.807) is 18.2 Å². The highest BCUT2D eigenvalue weighted by molar-refractivity contribution is 6.19. The molecule has 4 rings (SSSR count). The highest BCUT2D eigenvalue weighted by Crippen LogP contribution is 2.38. The summed E-state index contributed by atoms with van der Waals surface area (Å²) in [5.41, 5.74) is 8.86. The maximum Gasteiger partial charge on any atom is 0.281 e. The Balaban J connectivity index is 2.02. The van der Waals surface area contributed by atoms with Crippen molar-refractivity contribution in [3.63, 3.8) is 0 Å². The molecule has 0 atom stereocenters. The first kappa shape index (κ1) is 19.5. The van der Waals surface area contributed by atoms with E-state index >= 15 is 0 Å². The predicted molar refractivity (Wildman–Crippen MR) is 114 cm³/mol. The first-order valence-corrected chi connectivity index (χ1v) is 9.41. The Morgan fingerprint density at radius 1 is 0.933 bits per heavy atom. The summed E-state index contributed by atoms with van der Waals surface area (Å²) < 4.78 is 2.10. The lowest BCUT2D eigenvalue weighted by atomic mass is 10.1. The SMILES string of the molecule is CON(Oc1cccc2c1c1c(C(N)=O)cccc1n2Cc1ccccc1)C(C)=O. The van der Waals surface area contributed by atoms with Crippen molar-refractivity contribution in [2.75, 3.05) is 7.11 Å². The average Bonchev–Trinajstić information content (AvgIpc) is 3.07. The summed E-state index contributed by atoms with van der Waals surface area (Å²) in [5.74, 6) is -0.572. The zero-order chi connectivity index (χ0) is 21.3. The molecule has 7 heteroatoms. The number of aromatic nitrogens is 1. The van der Waals surface area contributed by atoms with Crippen LogP contribution in [0.2, 0.25) is 0 Å². The van der Waals surface area contributed by atoms with Gasteiger partial charge in [-0.15, -0.1) is 0 Å². The summed E-state index contributed by atoms with van der Waals surface area (Å²) >= 11 is 0. The number of nitrogens with two attached hydrogens (primary N) is 1. The van der Waals surface area contributed by atoms with Gasteiger partial charge in [0.1, 0.15) is 0 Å². The third-order valence-corrected chi connectivity index (χ3v) is 4.93. The highest BCUT2D eigenvalue weighted by atomic mass is 17.0. The molecule has 2 N–H and O–H groups in total. The minimum Gasteiger partial charge on any atom is -0.366 e. The molecule has 0 radical (unpaired) electrons. The van der Waals surface area contributed by atoms with Crippen molar-refractivity contribution in [3.8, 4) is 5.75 Å². The van der Waals surface area contributed by atoms with Crippen molar-refractivity contribution in [2.24, 2.45) is 5.73 Å². The molecule has 1 heterocycles. The summed E-state index contributed by atoms with van der Waals surface area (Å²) in [6.07, 6.45) is 0. The van der Waals surface area contributed by atoms with E-state index in [0.717, 1.165) is 21.8 Å². The fourth-order valence-electron chi connectivity index (χ4n) is 3.69. The number of benzene rings is 3. The quantitative estimate of drug-likeness (QED) is 0.498. The summed E-state index contributed by atoms with van der Waals surface area (Å²) in [4.78, 5) is 34.8. The van der Waals surface area contributed by atoms with E-state index in [0.29, 0.717) is 28.6 Å². The predicted octanol–water partition coefficient (Wildman–Crippen LogP) is 3.65. The number of nitrogens with zero attached hydrogens (tertiary/aromatic N) is 2. The molecule has 30 heavy (non-hydrogen) atoms. The van der Waals surface area contributed by atoms with Crippen molar-refractivity contribution in [3.05, 3.63) is 77.9 Å². The van der Waals surface area contributed by atoms with E-state index in [1.165, 1.54) is 14.0 Å². The van der Waals surface area contributed by atoms with Crippen LogP contribution < -0.4 is 10.6 Å². The van der Waals surface area contributed by atoms with Crippen LogP contribution in [0.15, 0.2) is 66.7 Å². The first-order valence-electron chi connectivity index (χ1n) is 9.41. The number of hydrogen-bond acceptors (Lipinski definition) is 4. The number of hydroxylamine groups is 2. The molecule has 0 fully saturated rings. The normalized spacial score (nSPS) is 11.0. The van der Waals surface area contributed by atoms with Gasteiger partial charge in [0.25, 0.3) is 5.91 Å². The second-order valence-corrected chi connectivity index (χ2v) is 6.84. The Morgan fingerprint density at radius 2 is 1.60 bits per heavy atom. The lowest BCUT2D eigenvalue weighted by Gasteiger charge is -2.18. The monoisotopic (exact) mass is 403 g/mol. The van der Waals surface area contributed by atoms with E-state index in [9.17, 15) is 9.59 Å². The average molecular weight is 403 g/mol. The standard InChI is InChI=1S/C23H21N3O4/c1-15(27)26(29-2)30-20-13-7-12-19-22(20)21-17(23(24)28)10-6-11-18(21)25(19)14-16-8-4-3-5-9-16/h3-13H,14H2,1-2H3,(H2,24,28). The van der Waals surface area contributed by atoms with E-state index in [-0.39, 0.29) is 0 Å². The van der Waals surface area contributed by atoms with E-state index < -0.39 is 11.8 Å². The number of amides is 2. The third-order valence-electron chi connectivity index (χ3n) is 4.93. The number of primary amides is 1. The van der Waals surface area contributed by atoms with Crippen LogP contribution in [0.1, 0.15) is 22.8 Å². The zero-order valence-electron chi connectivity index (χ0n) is 16.7. The molecule has 1 aromatic heterocycles. The maximum absolute atomic E-state index is 12.2. The molecule has 0 saturated carbocycles. The van der Waals surface area contributed by atoms with Crippen molar-refractivity contribution in [1.29, 1.82) is 0 Å². The van der Waals surface area contributed by atoms with Crippen molar-refractivity contribution >= 4 is 33.6 Å². The van der Waals surface area contributed by atoms with Crippen LogP contribution in [0.25, 0.3) is 21.8 Å². The summed E-state index contributed by atoms with van der Waals surface area (Å²) in [7, 11) is 1.34. The Bertz CT molecular complexity index is 1250. The van der Waals surface area contributed by atoms with Crippen LogP contribution >= 0.6 is 0 Å². The Labute approximate surface area is 173 Å². The van der Waals surface area contributed by atoms with Gasteiger partial charge in [-0.1, -0.05) is 42.5 Å². The van der Waals surface area contributed by atoms with Crippen LogP contribution in [0.5, 0.6) is 5.75 Å². The van der Waals surface area contributed by atoms with Gasteiger partial charge in [0.15, 0.2) is 5.75 Å². The maximum atomic E-state index is 12.2. The highest BCUT2D eigenvalue weighted by Gasteiger charge is 2.21. The topological polar surface area (TPSA) is 86.8 Å². The minimum atomic E-state index is -0.538. The second kappa shape index (κ2) is 7.88. The van der Waals surface area contributed by atoms with Gasteiger partial charge >= 0.3 is 0 Å². The number of hydrogen-bond donors (Lipinski definition) is 1. The Kier molecular flexibility index (Phi) is 5.12. The molecule has 0 saturated heterocycles. The van der Waals surface area contributed by atoms with Crippen LogP contribution in [-0.4, -0.2) is 28.7 Å².